The lowest BCUT2D eigenvalue weighted by atomic mass is 9.78. The van der Waals surface area contributed by atoms with Gasteiger partial charge in [0.15, 0.2) is 0 Å². The van der Waals surface area contributed by atoms with Gasteiger partial charge in [0.25, 0.3) is 5.69 Å². The number of halogens is 1. The molecule has 0 atom stereocenters. The molecule has 1 aliphatic carbocycles. The summed E-state index contributed by atoms with van der Waals surface area (Å²) in [6, 6.07) is 4.67. The van der Waals surface area contributed by atoms with Crippen LogP contribution in [0.3, 0.4) is 0 Å². The Bertz CT molecular complexity index is 446. The van der Waals surface area contributed by atoms with Gasteiger partial charge in [-0.25, -0.2) is 0 Å². The van der Waals surface area contributed by atoms with Crippen LogP contribution in [0.25, 0.3) is 0 Å². The molecule has 92 valence electrons. The monoisotopic (exact) mass is 299 g/mol. The molecule has 2 rings (SSSR count). The molecule has 0 radical (unpaired) electrons. The van der Waals surface area contributed by atoms with Gasteiger partial charge in [0, 0.05) is 34.4 Å². The second-order valence-electron chi connectivity index (χ2n) is 4.49. The Morgan fingerprint density at radius 2 is 2.24 bits per heavy atom. The summed E-state index contributed by atoms with van der Waals surface area (Å²) in [7, 11) is 0. The first-order valence-electron chi connectivity index (χ1n) is 5.47. The zero-order chi connectivity index (χ0) is 12.5. The van der Waals surface area contributed by atoms with Gasteiger partial charge in [-0.1, -0.05) is 0 Å². The van der Waals surface area contributed by atoms with Crippen LogP contribution in [0.5, 0.6) is 0 Å². The predicted molar refractivity (Wildman–Crippen MR) is 70.1 cm³/mol. The molecule has 0 aromatic heterocycles. The van der Waals surface area contributed by atoms with Crippen LogP contribution in [0, 0.1) is 10.1 Å². The number of benzene rings is 1. The van der Waals surface area contributed by atoms with Gasteiger partial charge in [-0.05, 0) is 41.3 Å². The fourth-order valence-electron chi connectivity index (χ4n) is 1.84. The molecule has 3 N–H and O–H groups in total. The fraction of sp³-hybridized carbons (Fsp3) is 0.455. The molecule has 17 heavy (non-hydrogen) atoms. The average Bonchev–Trinajstić information content (AvgIpc) is 2.24. The van der Waals surface area contributed by atoms with Crippen molar-refractivity contribution in [3.8, 4) is 0 Å². The summed E-state index contributed by atoms with van der Waals surface area (Å²) in [6.45, 7) is 0.698. The molecule has 6 heteroatoms. The summed E-state index contributed by atoms with van der Waals surface area (Å²) in [4.78, 5) is 10.2. The standard InChI is InChI=1S/C11H14BrN3O2/c12-9-6-8(15(16)17)2-3-10(9)14-7-11(13)4-1-5-11/h2-3,6,14H,1,4-5,7,13H2. The number of rotatable bonds is 4. The second-order valence-corrected chi connectivity index (χ2v) is 5.35. The smallest absolute Gasteiger partial charge is 0.270 e. The predicted octanol–water partition coefficient (Wildman–Crippen LogP) is 2.65. The first-order chi connectivity index (χ1) is 8.00. The van der Waals surface area contributed by atoms with E-state index in [1.165, 1.54) is 18.6 Å². The molecule has 1 aromatic rings. The molecule has 0 aliphatic heterocycles. The first-order valence-corrected chi connectivity index (χ1v) is 6.26. The number of nitro groups is 1. The SMILES string of the molecule is NC1(CNc2ccc([N+](=O)[O-])cc2Br)CCC1. The Labute approximate surface area is 108 Å². The number of hydrogen-bond acceptors (Lipinski definition) is 4. The third-order valence-electron chi connectivity index (χ3n) is 3.14. The van der Waals surface area contributed by atoms with E-state index in [2.05, 4.69) is 21.2 Å². The summed E-state index contributed by atoms with van der Waals surface area (Å²) in [5.74, 6) is 0. The van der Waals surface area contributed by atoms with E-state index in [0.717, 1.165) is 18.5 Å². The van der Waals surface area contributed by atoms with Crippen LogP contribution in [-0.2, 0) is 0 Å². The van der Waals surface area contributed by atoms with Crippen molar-refractivity contribution in [1.82, 2.24) is 0 Å². The Balaban J connectivity index is 2.03. The minimum absolute atomic E-state index is 0.0773. The molecule has 1 aliphatic rings. The van der Waals surface area contributed by atoms with Crippen molar-refractivity contribution < 1.29 is 4.92 Å². The van der Waals surface area contributed by atoms with E-state index in [4.69, 9.17) is 5.73 Å². The van der Waals surface area contributed by atoms with Crippen LogP contribution in [0.2, 0.25) is 0 Å². The van der Waals surface area contributed by atoms with E-state index in [1.807, 2.05) is 0 Å². The molecule has 0 heterocycles. The Morgan fingerprint density at radius 3 is 2.71 bits per heavy atom. The third-order valence-corrected chi connectivity index (χ3v) is 3.80. The van der Waals surface area contributed by atoms with Gasteiger partial charge in [-0.15, -0.1) is 0 Å². The molecule has 1 saturated carbocycles. The van der Waals surface area contributed by atoms with Gasteiger partial charge in [0.1, 0.15) is 0 Å². The van der Waals surface area contributed by atoms with E-state index in [-0.39, 0.29) is 11.2 Å². The summed E-state index contributed by atoms with van der Waals surface area (Å²) >= 11 is 3.32. The Morgan fingerprint density at radius 1 is 1.53 bits per heavy atom. The molecule has 1 fully saturated rings. The Hall–Kier alpha value is -1.14. The zero-order valence-corrected chi connectivity index (χ0v) is 10.9. The normalized spacial score (nSPS) is 17.3. The van der Waals surface area contributed by atoms with Crippen molar-refractivity contribution in [2.24, 2.45) is 5.73 Å². The van der Waals surface area contributed by atoms with Crippen molar-refractivity contribution in [2.45, 2.75) is 24.8 Å². The quantitative estimate of drug-likeness (QED) is 0.661. The van der Waals surface area contributed by atoms with Gasteiger partial charge in [0.2, 0.25) is 0 Å². The summed E-state index contributed by atoms with van der Waals surface area (Å²) in [6.07, 6.45) is 3.24. The fourth-order valence-corrected chi connectivity index (χ4v) is 2.35. The van der Waals surface area contributed by atoms with Gasteiger partial charge in [-0.3, -0.25) is 10.1 Å². The van der Waals surface area contributed by atoms with Gasteiger partial charge < -0.3 is 11.1 Å². The van der Waals surface area contributed by atoms with Crippen molar-refractivity contribution in [3.63, 3.8) is 0 Å². The number of non-ortho nitro benzene ring substituents is 1. The number of nitrogens with two attached hydrogens (primary N) is 1. The molecule has 0 spiro atoms. The van der Waals surface area contributed by atoms with Crippen LogP contribution < -0.4 is 11.1 Å². The van der Waals surface area contributed by atoms with E-state index < -0.39 is 4.92 Å². The molecule has 0 bridgehead atoms. The number of nitro benzene ring substituents is 1. The van der Waals surface area contributed by atoms with E-state index in [1.54, 1.807) is 6.07 Å². The highest BCUT2D eigenvalue weighted by molar-refractivity contribution is 9.10. The van der Waals surface area contributed by atoms with Crippen LogP contribution in [0.1, 0.15) is 19.3 Å². The number of anilines is 1. The highest BCUT2D eigenvalue weighted by atomic mass is 79.9. The maximum absolute atomic E-state index is 10.6. The molecule has 0 amide bonds. The van der Waals surface area contributed by atoms with Crippen LogP contribution >= 0.6 is 15.9 Å². The van der Waals surface area contributed by atoms with Crippen molar-refractivity contribution in [3.05, 3.63) is 32.8 Å². The molecule has 0 saturated heterocycles. The van der Waals surface area contributed by atoms with Crippen molar-refractivity contribution in [2.75, 3.05) is 11.9 Å². The second kappa shape index (κ2) is 4.62. The van der Waals surface area contributed by atoms with E-state index >= 15 is 0 Å². The van der Waals surface area contributed by atoms with Gasteiger partial charge in [-0.2, -0.15) is 0 Å². The minimum atomic E-state index is -0.412. The van der Waals surface area contributed by atoms with E-state index in [9.17, 15) is 10.1 Å². The molecular formula is C11H14BrN3O2. The number of hydrogen-bond donors (Lipinski definition) is 2. The number of nitrogens with one attached hydrogen (secondary N) is 1. The summed E-state index contributed by atoms with van der Waals surface area (Å²) < 4.78 is 0.689. The lowest BCUT2D eigenvalue weighted by molar-refractivity contribution is -0.384. The maximum atomic E-state index is 10.6. The average molecular weight is 300 g/mol. The molecular weight excluding hydrogens is 286 g/mol. The number of nitrogens with zero attached hydrogens (tertiary/aromatic N) is 1. The van der Waals surface area contributed by atoms with Crippen LogP contribution in [0.4, 0.5) is 11.4 Å². The maximum Gasteiger partial charge on any atom is 0.270 e. The first kappa shape index (κ1) is 12.3. The molecule has 1 aromatic carbocycles. The zero-order valence-electron chi connectivity index (χ0n) is 9.28. The largest absolute Gasteiger partial charge is 0.382 e. The van der Waals surface area contributed by atoms with Crippen molar-refractivity contribution >= 4 is 27.3 Å². The lowest BCUT2D eigenvalue weighted by Crippen LogP contribution is -2.51. The van der Waals surface area contributed by atoms with Crippen LogP contribution in [0.15, 0.2) is 22.7 Å². The highest BCUT2D eigenvalue weighted by Gasteiger charge is 2.32. The third kappa shape index (κ3) is 2.76. The summed E-state index contributed by atoms with van der Waals surface area (Å²) in [5.41, 5.74) is 6.90. The van der Waals surface area contributed by atoms with Gasteiger partial charge in [0.05, 0.1) is 4.92 Å². The highest BCUT2D eigenvalue weighted by Crippen LogP contribution is 2.31. The van der Waals surface area contributed by atoms with Crippen LogP contribution in [-0.4, -0.2) is 17.0 Å². The topological polar surface area (TPSA) is 81.2 Å². The van der Waals surface area contributed by atoms with E-state index in [0.29, 0.717) is 11.0 Å². The van der Waals surface area contributed by atoms with Crippen molar-refractivity contribution in [1.29, 1.82) is 0 Å². The van der Waals surface area contributed by atoms with Gasteiger partial charge >= 0.3 is 0 Å². The minimum Gasteiger partial charge on any atom is -0.382 e. The summed E-state index contributed by atoms with van der Waals surface area (Å²) in [5, 5.41) is 13.8. The lowest BCUT2D eigenvalue weighted by Gasteiger charge is -2.38. The Kier molecular flexibility index (Phi) is 3.35. The molecule has 5 nitrogen and oxygen atoms in total. The molecule has 0 unspecified atom stereocenters.